The molecule has 0 amide bonds. The smallest absolute Gasteiger partial charge is 0.337 e. The zero-order chi connectivity index (χ0) is 13.1. The number of esters is 1. The molecule has 18 heavy (non-hydrogen) atoms. The maximum Gasteiger partial charge on any atom is 0.337 e. The number of anilines is 1. The molecule has 1 aliphatic rings. The summed E-state index contributed by atoms with van der Waals surface area (Å²) in [7, 11) is 1.40. The molecule has 0 aliphatic carbocycles. The van der Waals surface area contributed by atoms with Crippen molar-refractivity contribution in [2.24, 2.45) is 0 Å². The molecular formula is C14H19NO2S. The first kappa shape index (κ1) is 13.3. The number of hydrogen-bond donors (Lipinski definition) is 1. The van der Waals surface area contributed by atoms with E-state index < -0.39 is 0 Å². The fraction of sp³-hybridized carbons (Fsp3) is 0.500. The second-order valence-corrected chi connectivity index (χ2v) is 6.12. The van der Waals surface area contributed by atoms with Gasteiger partial charge in [-0.15, -0.1) is 0 Å². The summed E-state index contributed by atoms with van der Waals surface area (Å²) in [6.45, 7) is 4.27. The average Bonchev–Trinajstić information content (AvgIpc) is 2.76. The number of benzene rings is 1. The van der Waals surface area contributed by atoms with Crippen molar-refractivity contribution in [2.45, 2.75) is 31.6 Å². The Morgan fingerprint density at radius 1 is 1.50 bits per heavy atom. The lowest BCUT2D eigenvalue weighted by molar-refractivity contribution is 0.0600. The van der Waals surface area contributed by atoms with E-state index in [9.17, 15) is 4.79 Å². The highest BCUT2D eigenvalue weighted by Crippen LogP contribution is 2.30. The Hall–Kier alpha value is -1.16. The second kappa shape index (κ2) is 5.65. The molecule has 1 aromatic carbocycles. The van der Waals surface area contributed by atoms with Crippen LogP contribution in [0.5, 0.6) is 0 Å². The molecular weight excluding hydrogens is 246 g/mol. The number of nitrogens with one attached hydrogen (secondary N) is 1. The molecule has 1 aliphatic heterocycles. The molecule has 0 bridgehead atoms. The normalized spacial score (nSPS) is 22.8. The van der Waals surface area contributed by atoms with Crippen molar-refractivity contribution >= 4 is 23.4 Å². The fourth-order valence-corrected chi connectivity index (χ4v) is 3.39. The Bertz CT molecular complexity index is 447. The molecule has 1 saturated heterocycles. The maximum atomic E-state index is 11.4. The van der Waals surface area contributed by atoms with Gasteiger partial charge in [-0.05, 0) is 42.9 Å². The van der Waals surface area contributed by atoms with Gasteiger partial charge in [-0.2, -0.15) is 11.8 Å². The molecule has 0 aromatic heterocycles. The number of hydrogen-bond acceptors (Lipinski definition) is 4. The van der Waals surface area contributed by atoms with Gasteiger partial charge in [0, 0.05) is 17.0 Å². The highest BCUT2D eigenvalue weighted by Gasteiger charge is 2.24. The van der Waals surface area contributed by atoms with Gasteiger partial charge >= 0.3 is 5.97 Å². The van der Waals surface area contributed by atoms with E-state index in [1.807, 2.05) is 36.9 Å². The minimum Gasteiger partial charge on any atom is -0.465 e. The van der Waals surface area contributed by atoms with Crippen molar-refractivity contribution in [2.75, 3.05) is 18.2 Å². The molecule has 0 saturated carbocycles. The van der Waals surface area contributed by atoms with E-state index in [0.29, 0.717) is 16.9 Å². The third-order valence-corrected chi connectivity index (χ3v) is 4.69. The highest BCUT2D eigenvalue weighted by atomic mass is 32.2. The van der Waals surface area contributed by atoms with Crippen LogP contribution in [0.4, 0.5) is 5.69 Å². The standard InChI is InChI=1S/C14H19NO2S/c1-9-8-11(14(16)17-3)4-5-12(9)15-13-6-7-18-10(13)2/h4-5,8,10,13,15H,6-7H2,1-3H3. The van der Waals surface area contributed by atoms with Gasteiger partial charge in [0.1, 0.15) is 0 Å². The quantitative estimate of drug-likeness (QED) is 0.852. The van der Waals surface area contributed by atoms with Crippen LogP contribution in [0.2, 0.25) is 0 Å². The summed E-state index contributed by atoms with van der Waals surface area (Å²) in [5.41, 5.74) is 2.80. The van der Waals surface area contributed by atoms with Gasteiger partial charge in [0.2, 0.25) is 0 Å². The van der Waals surface area contributed by atoms with Gasteiger partial charge in [0.25, 0.3) is 0 Å². The van der Waals surface area contributed by atoms with Gasteiger partial charge in [-0.1, -0.05) is 6.92 Å². The third kappa shape index (κ3) is 2.80. The van der Waals surface area contributed by atoms with Crippen LogP contribution in [0.3, 0.4) is 0 Å². The van der Waals surface area contributed by atoms with Gasteiger partial charge in [0.05, 0.1) is 12.7 Å². The van der Waals surface area contributed by atoms with Gasteiger partial charge in [0.15, 0.2) is 0 Å². The average molecular weight is 265 g/mol. The summed E-state index contributed by atoms with van der Waals surface area (Å²) in [5.74, 6) is 0.937. The number of ether oxygens (including phenoxy) is 1. The Morgan fingerprint density at radius 3 is 2.83 bits per heavy atom. The van der Waals surface area contributed by atoms with E-state index in [-0.39, 0.29) is 5.97 Å². The van der Waals surface area contributed by atoms with Crippen molar-refractivity contribution in [1.82, 2.24) is 0 Å². The van der Waals surface area contributed by atoms with Gasteiger partial charge in [-0.25, -0.2) is 4.79 Å². The third-order valence-electron chi connectivity index (χ3n) is 3.36. The number of carbonyl (C=O) groups is 1. The van der Waals surface area contributed by atoms with Crippen LogP contribution in [-0.2, 0) is 4.74 Å². The largest absolute Gasteiger partial charge is 0.465 e. The number of carbonyl (C=O) groups excluding carboxylic acids is 1. The first-order valence-corrected chi connectivity index (χ1v) is 7.24. The number of methoxy groups -OCH3 is 1. The van der Waals surface area contributed by atoms with Crippen LogP contribution in [0.15, 0.2) is 18.2 Å². The molecule has 1 N–H and O–H groups in total. The summed E-state index contributed by atoms with van der Waals surface area (Å²) < 4.78 is 4.72. The predicted molar refractivity (Wildman–Crippen MR) is 76.5 cm³/mol. The lowest BCUT2D eigenvalue weighted by atomic mass is 10.1. The summed E-state index contributed by atoms with van der Waals surface area (Å²) in [5, 5.41) is 4.21. The highest BCUT2D eigenvalue weighted by molar-refractivity contribution is 8.00. The van der Waals surface area contributed by atoms with Crippen LogP contribution in [0.1, 0.15) is 29.3 Å². The molecule has 2 rings (SSSR count). The van der Waals surface area contributed by atoms with E-state index in [1.54, 1.807) is 0 Å². The molecule has 1 fully saturated rings. The summed E-state index contributed by atoms with van der Waals surface area (Å²) in [4.78, 5) is 11.4. The van der Waals surface area contributed by atoms with E-state index in [2.05, 4.69) is 12.2 Å². The number of rotatable bonds is 3. The van der Waals surface area contributed by atoms with Crippen LogP contribution >= 0.6 is 11.8 Å². The van der Waals surface area contributed by atoms with E-state index in [1.165, 1.54) is 19.3 Å². The lowest BCUT2D eigenvalue weighted by Gasteiger charge is -2.19. The van der Waals surface area contributed by atoms with E-state index in [0.717, 1.165) is 11.3 Å². The van der Waals surface area contributed by atoms with Crippen molar-refractivity contribution in [3.8, 4) is 0 Å². The molecule has 1 aromatic rings. The Morgan fingerprint density at radius 2 is 2.28 bits per heavy atom. The zero-order valence-corrected chi connectivity index (χ0v) is 11.8. The summed E-state index contributed by atoms with van der Waals surface area (Å²) >= 11 is 2.01. The van der Waals surface area contributed by atoms with E-state index >= 15 is 0 Å². The van der Waals surface area contributed by atoms with Gasteiger partial charge in [-0.3, -0.25) is 0 Å². The SMILES string of the molecule is COC(=O)c1ccc(NC2CCSC2C)c(C)c1. The Kier molecular flexibility index (Phi) is 4.17. The topological polar surface area (TPSA) is 38.3 Å². The molecule has 2 atom stereocenters. The van der Waals surface area contributed by atoms with Crippen molar-refractivity contribution < 1.29 is 9.53 Å². The molecule has 0 radical (unpaired) electrons. The minimum atomic E-state index is -0.283. The Balaban J connectivity index is 2.12. The van der Waals surface area contributed by atoms with Gasteiger partial charge < -0.3 is 10.1 Å². The molecule has 98 valence electrons. The van der Waals surface area contributed by atoms with Crippen LogP contribution in [-0.4, -0.2) is 30.1 Å². The number of aryl methyl sites for hydroxylation is 1. The predicted octanol–water partition coefficient (Wildman–Crippen LogP) is 3.09. The van der Waals surface area contributed by atoms with Crippen LogP contribution in [0.25, 0.3) is 0 Å². The summed E-state index contributed by atoms with van der Waals surface area (Å²) in [6.07, 6.45) is 1.20. The van der Waals surface area contributed by atoms with Crippen molar-refractivity contribution in [3.05, 3.63) is 29.3 Å². The lowest BCUT2D eigenvalue weighted by Crippen LogP contribution is -2.25. The number of thioether (sulfide) groups is 1. The molecule has 0 spiro atoms. The first-order valence-electron chi connectivity index (χ1n) is 6.19. The monoisotopic (exact) mass is 265 g/mol. The molecule has 3 nitrogen and oxygen atoms in total. The Labute approximate surface area is 112 Å². The molecule has 1 heterocycles. The first-order chi connectivity index (χ1) is 8.61. The maximum absolute atomic E-state index is 11.4. The van der Waals surface area contributed by atoms with E-state index in [4.69, 9.17) is 4.74 Å². The summed E-state index contributed by atoms with van der Waals surface area (Å²) in [6, 6.07) is 6.18. The minimum absolute atomic E-state index is 0.283. The molecule has 4 heteroatoms. The van der Waals surface area contributed by atoms with Crippen molar-refractivity contribution in [3.63, 3.8) is 0 Å². The molecule has 2 unspecified atom stereocenters. The second-order valence-electron chi connectivity index (χ2n) is 4.64. The zero-order valence-electron chi connectivity index (χ0n) is 11.0. The van der Waals surface area contributed by atoms with Crippen LogP contribution < -0.4 is 5.32 Å². The van der Waals surface area contributed by atoms with Crippen LogP contribution in [0, 0.1) is 6.92 Å². The fourth-order valence-electron chi connectivity index (χ4n) is 2.19. The van der Waals surface area contributed by atoms with Crippen molar-refractivity contribution in [1.29, 1.82) is 0 Å².